The molecule has 0 bridgehead atoms. The van der Waals surface area contributed by atoms with Crippen LogP contribution in [0.15, 0.2) is 47.8 Å². The molecule has 2 amide bonds. The average Bonchev–Trinajstić information content (AvgIpc) is 3.33. The molecule has 2 aromatic carbocycles. The van der Waals surface area contributed by atoms with Gasteiger partial charge in [0.05, 0.1) is 5.69 Å². The van der Waals surface area contributed by atoms with E-state index in [2.05, 4.69) is 16.4 Å². The second-order valence-corrected chi connectivity index (χ2v) is 8.65. The minimum Gasteiger partial charge on any atom is -0.312 e. The van der Waals surface area contributed by atoms with Gasteiger partial charge in [-0.25, -0.2) is 4.98 Å². The second-order valence-electron chi connectivity index (χ2n) is 7.36. The van der Waals surface area contributed by atoms with Gasteiger partial charge in [0.15, 0.2) is 5.13 Å². The summed E-state index contributed by atoms with van der Waals surface area (Å²) in [5.74, 6) is 0.272. The van der Waals surface area contributed by atoms with Gasteiger partial charge in [0.1, 0.15) is 0 Å². The van der Waals surface area contributed by atoms with Crippen molar-refractivity contribution in [1.82, 2.24) is 4.98 Å². The van der Waals surface area contributed by atoms with Crippen molar-refractivity contribution in [1.29, 1.82) is 0 Å². The van der Waals surface area contributed by atoms with E-state index in [1.54, 1.807) is 24.3 Å². The van der Waals surface area contributed by atoms with Crippen LogP contribution >= 0.6 is 22.9 Å². The molecule has 1 aromatic heterocycles. The highest BCUT2D eigenvalue weighted by molar-refractivity contribution is 7.14. The first-order valence-corrected chi connectivity index (χ1v) is 10.8. The predicted molar refractivity (Wildman–Crippen MR) is 116 cm³/mol. The SMILES string of the molecule is O=C(Nc1nc(-c2ccc3c(c2)CCN3C(=O)C2CC2)cs1)c1ccc(Cl)cc1. The van der Waals surface area contributed by atoms with E-state index in [1.807, 2.05) is 22.4 Å². The van der Waals surface area contributed by atoms with Crippen molar-refractivity contribution < 1.29 is 9.59 Å². The standard InChI is InChI=1S/C22H18ClN3O2S/c23-17-6-3-13(4-7-17)20(27)25-22-24-18(12-29-22)15-5-8-19-16(11-15)9-10-26(19)21(28)14-1-2-14/h3-8,11-12,14H,1-2,9-10H2,(H,24,25,27). The van der Waals surface area contributed by atoms with E-state index in [1.165, 1.54) is 16.9 Å². The fourth-order valence-corrected chi connectivity index (χ4v) is 4.42. The van der Waals surface area contributed by atoms with Gasteiger partial charge >= 0.3 is 0 Å². The summed E-state index contributed by atoms with van der Waals surface area (Å²) >= 11 is 7.26. The lowest BCUT2D eigenvalue weighted by molar-refractivity contribution is -0.119. The van der Waals surface area contributed by atoms with E-state index >= 15 is 0 Å². The number of nitrogens with one attached hydrogen (secondary N) is 1. The van der Waals surface area contributed by atoms with Crippen molar-refractivity contribution in [3.63, 3.8) is 0 Å². The van der Waals surface area contributed by atoms with E-state index in [-0.39, 0.29) is 17.7 Å². The number of hydrogen-bond acceptors (Lipinski definition) is 4. The van der Waals surface area contributed by atoms with Crippen LogP contribution in [0.5, 0.6) is 0 Å². The predicted octanol–water partition coefficient (Wildman–Crippen LogP) is 5.01. The van der Waals surface area contributed by atoms with Crippen LogP contribution in [0.4, 0.5) is 10.8 Å². The molecule has 1 saturated carbocycles. The summed E-state index contributed by atoms with van der Waals surface area (Å²) in [6.45, 7) is 0.758. The average molecular weight is 424 g/mol. The molecule has 0 saturated heterocycles. The lowest BCUT2D eigenvalue weighted by atomic mass is 10.1. The molecule has 5 rings (SSSR count). The van der Waals surface area contributed by atoms with E-state index < -0.39 is 0 Å². The summed E-state index contributed by atoms with van der Waals surface area (Å²) in [6.07, 6.45) is 2.91. The molecule has 1 aliphatic heterocycles. The molecule has 0 unspecified atom stereocenters. The minimum atomic E-state index is -0.217. The molecule has 0 atom stereocenters. The van der Waals surface area contributed by atoms with Crippen LogP contribution in [0.25, 0.3) is 11.3 Å². The summed E-state index contributed by atoms with van der Waals surface area (Å²) in [5, 5.41) is 5.90. The normalized spacial score (nSPS) is 15.3. The van der Waals surface area contributed by atoms with Crippen LogP contribution in [0.1, 0.15) is 28.8 Å². The van der Waals surface area contributed by atoms with Crippen molar-refractivity contribution in [3.05, 3.63) is 64.0 Å². The zero-order valence-corrected chi connectivity index (χ0v) is 17.1. The summed E-state index contributed by atoms with van der Waals surface area (Å²) in [6, 6.07) is 12.9. The van der Waals surface area contributed by atoms with Gasteiger partial charge in [-0.1, -0.05) is 17.7 Å². The van der Waals surface area contributed by atoms with Gasteiger partial charge < -0.3 is 4.90 Å². The number of carbonyl (C=O) groups excluding carboxylic acids is 2. The van der Waals surface area contributed by atoms with Crippen molar-refractivity contribution in [3.8, 4) is 11.3 Å². The Kier molecular flexibility index (Phi) is 4.60. The minimum absolute atomic E-state index is 0.217. The van der Waals surface area contributed by atoms with Crippen LogP contribution in [0.3, 0.4) is 0 Å². The number of fused-ring (bicyclic) bond motifs is 1. The molecule has 0 radical (unpaired) electrons. The Morgan fingerprint density at radius 2 is 1.93 bits per heavy atom. The molecule has 1 fully saturated rings. The molecule has 7 heteroatoms. The largest absolute Gasteiger partial charge is 0.312 e. The number of thiazole rings is 1. The molecule has 3 aromatic rings. The van der Waals surface area contributed by atoms with Gasteiger partial charge in [0.25, 0.3) is 5.91 Å². The van der Waals surface area contributed by atoms with Crippen LogP contribution in [-0.2, 0) is 11.2 Å². The maximum Gasteiger partial charge on any atom is 0.257 e. The Bertz CT molecular complexity index is 1110. The van der Waals surface area contributed by atoms with E-state index in [0.717, 1.165) is 42.8 Å². The van der Waals surface area contributed by atoms with E-state index in [0.29, 0.717) is 15.7 Å². The molecule has 5 nitrogen and oxygen atoms in total. The van der Waals surface area contributed by atoms with Crippen LogP contribution in [0.2, 0.25) is 5.02 Å². The second kappa shape index (κ2) is 7.28. The van der Waals surface area contributed by atoms with Gasteiger partial charge in [0, 0.05) is 39.7 Å². The first-order chi connectivity index (χ1) is 14.1. The Morgan fingerprint density at radius 1 is 1.14 bits per heavy atom. The summed E-state index contributed by atoms with van der Waals surface area (Å²) in [7, 11) is 0. The number of carbonyl (C=O) groups is 2. The fourth-order valence-electron chi connectivity index (χ4n) is 3.57. The summed E-state index contributed by atoms with van der Waals surface area (Å²) in [5.41, 5.74) is 4.54. The Hall–Kier alpha value is -2.70. The van der Waals surface area contributed by atoms with Crippen LogP contribution in [-0.4, -0.2) is 23.3 Å². The van der Waals surface area contributed by atoms with E-state index in [4.69, 9.17) is 11.6 Å². The first kappa shape index (κ1) is 18.3. The first-order valence-electron chi connectivity index (χ1n) is 9.55. The third-order valence-electron chi connectivity index (χ3n) is 5.29. The number of benzene rings is 2. The third kappa shape index (κ3) is 3.66. The zero-order chi connectivity index (χ0) is 20.0. The van der Waals surface area contributed by atoms with Crippen LogP contribution < -0.4 is 10.2 Å². The van der Waals surface area contributed by atoms with Crippen molar-refractivity contribution >= 4 is 45.6 Å². The number of amides is 2. The number of hydrogen-bond donors (Lipinski definition) is 1. The highest BCUT2D eigenvalue weighted by Crippen LogP contribution is 2.38. The van der Waals surface area contributed by atoms with Crippen molar-refractivity contribution in [2.24, 2.45) is 5.92 Å². The van der Waals surface area contributed by atoms with Gasteiger partial charge in [-0.3, -0.25) is 14.9 Å². The topological polar surface area (TPSA) is 62.3 Å². The molecular weight excluding hydrogens is 406 g/mol. The van der Waals surface area contributed by atoms with Gasteiger partial charge in [-0.15, -0.1) is 11.3 Å². The smallest absolute Gasteiger partial charge is 0.257 e. The summed E-state index contributed by atoms with van der Waals surface area (Å²) in [4.78, 5) is 31.3. The highest BCUT2D eigenvalue weighted by Gasteiger charge is 2.36. The maximum atomic E-state index is 12.4. The quantitative estimate of drug-likeness (QED) is 0.641. The molecule has 146 valence electrons. The maximum absolute atomic E-state index is 12.4. The molecular formula is C22H18ClN3O2S. The Morgan fingerprint density at radius 3 is 2.69 bits per heavy atom. The van der Waals surface area contributed by atoms with Gasteiger partial charge in [-0.2, -0.15) is 0 Å². The van der Waals surface area contributed by atoms with Crippen molar-refractivity contribution in [2.75, 3.05) is 16.8 Å². The Balaban J connectivity index is 1.32. The summed E-state index contributed by atoms with van der Waals surface area (Å²) < 4.78 is 0. The zero-order valence-electron chi connectivity index (χ0n) is 15.5. The van der Waals surface area contributed by atoms with E-state index in [9.17, 15) is 9.59 Å². The number of halogens is 1. The number of aromatic nitrogens is 1. The third-order valence-corrected chi connectivity index (χ3v) is 6.30. The monoisotopic (exact) mass is 423 g/mol. The van der Waals surface area contributed by atoms with Crippen LogP contribution in [0, 0.1) is 5.92 Å². The molecule has 29 heavy (non-hydrogen) atoms. The number of anilines is 2. The molecule has 1 aliphatic carbocycles. The lowest BCUT2D eigenvalue weighted by Crippen LogP contribution is -2.30. The molecule has 2 heterocycles. The molecule has 0 spiro atoms. The molecule has 2 aliphatic rings. The van der Waals surface area contributed by atoms with Gasteiger partial charge in [0.2, 0.25) is 5.91 Å². The van der Waals surface area contributed by atoms with Crippen molar-refractivity contribution in [2.45, 2.75) is 19.3 Å². The number of nitrogens with zero attached hydrogens (tertiary/aromatic N) is 2. The lowest BCUT2D eigenvalue weighted by Gasteiger charge is -2.17. The fraction of sp³-hybridized carbons (Fsp3) is 0.227. The highest BCUT2D eigenvalue weighted by atomic mass is 35.5. The molecule has 1 N–H and O–H groups in total. The number of rotatable bonds is 4. The Labute approximate surface area is 177 Å². The van der Waals surface area contributed by atoms with Gasteiger partial charge in [-0.05, 0) is 61.2 Å².